The zero-order valence-corrected chi connectivity index (χ0v) is 10.5. The summed E-state index contributed by atoms with van der Waals surface area (Å²) in [4.78, 5) is 17.9. The summed E-state index contributed by atoms with van der Waals surface area (Å²) >= 11 is 1.29. The van der Waals surface area contributed by atoms with Crippen LogP contribution in [-0.2, 0) is 0 Å². The molecule has 0 spiro atoms. The SMILES string of the molecule is Cc1nc(N2CC(C)CC2C)sc1C(=O)O. The second-order valence-corrected chi connectivity index (χ2v) is 5.54. The number of carboxylic acid groups (broad SMARTS) is 1. The van der Waals surface area contributed by atoms with Gasteiger partial charge in [0.05, 0.1) is 5.69 Å². The number of nitrogens with zero attached hydrogens (tertiary/aromatic N) is 2. The third-order valence-electron chi connectivity index (χ3n) is 3.01. The molecule has 0 radical (unpaired) electrons. The van der Waals surface area contributed by atoms with E-state index in [0.717, 1.165) is 18.1 Å². The summed E-state index contributed by atoms with van der Waals surface area (Å²) in [7, 11) is 0. The summed E-state index contributed by atoms with van der Waals surface area (Å²) in [5.41, 5.74) is 0.624. The van der Waals surface area contributed by atoms with Gasteiger partial charge >= 0.3 is 5.97 Å². The van der Waals surface area contributed by atoms with Crippen LogP contribution in [0.5, 0.6) is 0 Å². The Balaban J connectivity index is 2.28. The van der Waals surface area contributed by atoms with E-state index in [9.17, 15) is 4.79 Å². The standard InChI is InChI=1S/C11H16N2O2S/c1-6-4-7(2)13(5-6)11-12-8(3)9(16-11)10(14)15/h6-7H,4-5H2,1-3H3,(H,14,15). The van der Waals surface area contributed by atoms with Gasteiger partial charge in [-0.1, -0.05) is 18.3 Å². The number of rotatable bonds is 2. The highest BCUT2D eigenvalue weighted by molar-refractivity contribution is 7.17. The number of carboxylic acids is 1. The smallest absolute Gasteiger partial charge is 0.347 e. The highest BCUT2D eigenvalue weighted by Crippen LogP contribution is 2.33. The molecule has 2 unspecified atom stereocenters. The maximum absolute atomic E-state index is 10.9. The number of aromatic carboxylic acids is 1. The van der Waals surface area contributed by atoms with Crippen LogP contribution in [0.1, 0.15) is 35.6 Å². The minimum Gasteiger partial charge on any atom is -0.477 e. The van der Waals surface area contributed by atoms with Crippen molar-refractivity contribution in [2.24, 2.45) is 5.92 Å². The van der Waals surface area contributed by atoms with Gasteiger partial charge < -0.3 is 10.0 Å². The van der Waals surface area contributed by atoms with E-state index >= 15 is 0 Å². The number of thiazole rings is 1. The summed E-state index contributed by atoms with van der Waals surface area (Å²) in [5.74, 6) is -0.214. The Morgan fingerprint density at radius 2 is 2.25 bits per heavy atom. The fourth-order valence-electron chi connectivity index (χ4n) is 2.27. The molecular weight excluding hydrogens is 224 g/mol. The molecule has 1 saturated heterocycles. The first-order valence-electron chi connectivity index (χ1n) is 5.46. The van der Waals surface area contributed by atoms with Crippen LogP contribution >= 0.6 is 11.3 Å². The molecule has 5 heteroatoms. The van der Waals surface area contributed by atoms with Crippen molar-refractivity contribution in [2.75, 3.05) is 11.4 Å². The van der Waals surface area contributed by atoms with Crippen LogP contribution < -0.4 is 4.90 Å². The lowest BCUT2D eigenvalue weighted by atomic mass is 10.1. The topological polar surface area (TPSA) is 53.4 Å². The Labute approximate surface area is 98.9 Å². The summed E-state index contributed by atoms with van der Waals surface area (Å²) < 4.78 is 0. The summed E-state index contributed by atoms with van der Waals surface area (Å²) in [5, 5.41) is 9.85. The van der Waals surface area contributed by atoms with Crippen molar-refractivity contribution in [1.29, 1.82) is 0 Å². The molecule has 1 N–H and O–H groups in total. The molecule has 4 nitrogen and oxygen atoms in total. The molecule has 1 aromatic heterocycles. The Hall–Kier alpha value is -1.10. The maximum atomic E-state index is 10.9. The minimum atomic E-state index is -0.874. The zero-order valence-electron chi connectivity index (χ0n) is 9.73. The Morgan fingerprint density at radius 1 is 1.56 bits per heavy atom. The predicted octanol–water partition coefficient (Wildman–Crippen LogP) is 2.38. The fraction of sp³-hybridized carbons (Fsp3) is 0.636. The van der Waals surface area contributed by atoms with Crippen molar-refractivity contribution in [3.8, 4) is 0 Å². The molecular formula is C11H16N2O2S. The lowest BCUT2D eigenvalue weighted by Crippen LogP contribution is -2.26. The van der Waals surface area contributed by atoms with Crippen LogP contribution in [-0.4, -0.2) is 28.6 Å². The van der Waals surface area contributed by atoms with E-state index in [2.05, 4.69) is 23.7 Å². The molecule has 0 amide bonds. The lowest BCUT2D eigenvalue weighted by molar-refractivity contribution is 0.0701. The third-order valence-corrected chi connectivity index (χ3v) is 4.19. The highest BCUT2D eigenvalue weighted by atomic mass is 32.1. The number of hydrogen-bond donors (Lipinski definition) is 1. The van der Waals surface area contributed by atoms with Gasteiger partial charge in [-0.05, 0) is 26.2 Å². The second kappa shape index (κ2) is 4.05. The highest BCUT2D eigenvalue weighted by Gasteiger charge is 2.29. The molecule has 1 aliphatic heterocycles. The van der Waals surface area contributed by atoms with Gasteiger partial charge in [0, 0.05) is 12.6 Å². The lowest BCUT2D eigenvalue weighted by Gasteiger charge is -2.19. The normalized spacial score (nSPS) is 25.1. The van der Waals surface area contributed by atoms with Gasteiger partial charge in [-0.25, -0.2) is 9.78 Å². The van der Waals surface area contributed by atoms with Crippen molar-refractivity contribution in [2.45, 2.75) is 33.2 Å². The zero-order chi connectivity index (χ0) is 11.9. The van der Waals surface area contributed by atoms with E-state index < -0.39 is 5.97 Å². The maximum Gasteiger partial charge on any atom is 0.347 e. The average molecular weight is 240 g/mol. The first kappa shape index (κ1) is 11.4. The Kier molecular flexibility index (Phi) is 2.88. The van der Waals surface area contributed by atoms with Gasteiger partial charge in [0.15, 0.2) is 5.13 Å². The molecule has 2 rings (SSSR count). The Bertz CT molecular complexity index is 416. The van der Waals surface area contributed by atoms with E-state index in [0.29, 0.717) is 22.5 Å². The number of hydrogen-bond acceptors (Lipinski definition) is 4. The van der Waals surface area contributed by atoms with Gasteiger partial charge in [0.25, 0.3) is 0 Å². The molecule has 1 aliphatic rings. The van der Waals surface area contributed by atoms with E-state index in [1.54, 1.807) is 6.92 Å². The van der Waals surface area contributed by atoms with Crippen molar-refractivity contribution >= 4 is 22.4 Å². The largest absolute Gasteiger partial charge is 0.477 e. The van der Waals surface area contributed by atoms with Gasteiger partial charge in [-0.2, -0.15) is 0 Å². The number of anilines is 1. The molecule has 88 valence electrons. The summed E-state index contributed by atoms with van der Waals surface area (Å²) in [6.07, 6.45) is 1.15. The molecule has 1 aromatic rings. The van der Waals surface area contributed by atoms with Gasteiger partial charge in [0.2, 0.25) is 0 Å². The van der Waals surface area contributed by atoms with Crippen LogP contribution in [0.4, 0.5) is 5.13 Å². The Morgan fingerprint density at radius 3 is 2.69 bits per heavy atom. The molecule has 0 aliphatic carbocycles. The van der Waals surface area contributed by atoms with E-state index in [1.165, 1.54) is 11.3 Å². The van der Waals surface area contributed by atoms with Gasteiger partial charge in [-0.15, -0.1) is 0 Å². The average Bonchev–Trinajstić information content (AvgIpc) is 2.69. The van der Waals surface area contributed by atoms with Crippen molar-refractivity contribution in [3.05, 3.63) is 10.6 Å². The second-order valence-electron chi connectivity index (χ2n) is 4.56. The van der Waals surface area contributed by atoms with Crippen molar-refractivity contribution in [3.63, 3.8) is 0 Å². The molecule has 16 heavy (non-hydrogen) atoms. The molecule has 2 heterocycles. The van der Waals surface area contributed by atoms with Crippen LogP contribution in [0.25, 0.3) is 0 Å². The fourth-order valence-corrected chi connectivity index (χ4v) is 3.29. The first-order valence-corrected chi connectivity index (χ1v) is 6.28. The van der Waals surface area contributed by atoms with Crippen LogP contribution in [0, 0.1) is 12.8 Å². The monoisotopic (exact) mass is 240 g/mol. The predicted molar refractivity (Wildman–Crippen MR) is 64.4 cm³/mol. The van der Waals surface area contributed by atoms with Crippen molar-refractivity contribution in [1.82, 2.24) is 4.98 Å². The van der Waals surface area contributed by atoms with Crippen molar-refractivity contribution < 1.29 is 9.90 Å². The third kappa shape index (κ3) is 1.91. The molecule has 0 saturated carbocycles. The van der Waals surface area contributed by atoms with Gasteiger partial charge in [-0.3, -0.25) is 0 Å². The van der Waals surface area contributed by atoms with Crippen LogP contribution in [0.2, 0.25) is 0 Å². The number of aryl methyl sites for hydroxylation is 1. The molecule has 0 bridgehead atoms. The number of aromatic nitrogens is 1. The van der Waals surface area contributed by atoms with Gasteiger partial charge in [0.1, 0.15) is 4.88 Å². The minimum absolute atomic E-state index is 0.363. The quantitative estimate of drug-likeness (QED) is 0.862. The number of carbonyl (C=O) groups is 1. The van der Waals surface area contributed by atoms with Crippen LogP contribution in [0.3, 0.4) is 0 Å². The molecule has 0 aromatic carbocycles. The molecule has 2 atom stereocenters. The first-order chi connectivity index (χ1) is 7.49. The van der Waals surface area contributed by atoms with Crippen LogP contribution in [0.15, 0.2) is 0 Å². The van der Waals surface area contributed by atoms with E-state index in [-0.39, 0.29) is 0 Å². The summed E-state index contributed by atoms with van der Waals surface area (Å²) in [6, 6.07) is 0.460. The molecule has 1 fully saturated rings. The summed E-state index contributed by atoms with van der Waals surface area (Å²) in [6.45, 7) is 7.12. The van der Waals surface area contributed by atoms with E-state index in [1.807, 2.05) is 0 Å². The van der Waals surface area contributed by atoms with E-state index in [4.69, 9.17) is 5.11 Å².